The van der Waals surface area contributed by atoms with Gasteiger partial charge in [-0.1, -0.05) is 12.1 Å². The molecule has 0 heterocycles. The number of anilines is 2. The zero-order valence-corrected chi connectivity index (χ0v) is 20.3. The molecule has 2 N–H and O–H groups in total. The van der Waals surface area contributed by atoms with Crippen molar-refractivity contribution >= 4 is 23.2 Å². The van der Waals surface area contributed by atoms with Crippen LogP contribution in [0.15, 0.2) is 84.9 Å². The molecule has 0 saturated heterocycles. The Labute approximate surface area is 205 Å². The van der Waals surface area contributed by atoms with Crippen molar-refractivity contribution in [2.75, 3.05) is 10.6 Å². The van der Waals surface area contributed by atoms with Gasteiger partial charge in [0.2, 0.25) is 0 Å². The molecule has 4 rings (SSSR count). The lowest BCUT2D eigenvalue weighted by atomic mass is 10.1. The van der Waals surface area contributed by atoms with E-state index < -0.39 is 0 Å². The van der Waals surface area contributed by atoms with Crippen LogP contribution >= 0.6 is 0 Å². The minimum Gasteiger partial charge on any atom is -0.457 e. The van der Waals surface area contributed by atoms with Crippen molar-refractivity contribution in [2.45, 2.75) is 27.7 Å². The lowest BCUT2D eigenvalue weighted by Gasteiger charge is -2.10. The molecule has 2 amide bonds. The Morgan fingerprint density at radius 2 is 0.829 bits per heavy atom. The Hall–Kier alpha value is -4.38. The summed E-state index contributed by atoms with van der Waals surface area (Å²) in [5, 5.41) is 5.86. The molecule has 0 aliphatic carbocycles. The Balaban J connectivity index is 1.37. The Morgan fingerprint density at radius 3 is 1.14 bits per heavy atom. The van der Waals surface area contributed by atoms with Gasteiger partial charge in [0.15, 0.2) is 0 Å². The quantitative estimate of drug-likeness (QED) is 0.317. The first-order valence-corrected chi connectivity index (χ1v) is 11.4. The van der Waals surface area contributed by atoms with Gasteiger partial charge in [-0.05, 0) is 123 Å². The number of benzene rings is 4. The van der Waals surface area contributed by atoms with Gasteiger partial charge in [0.25, 0.3) is 11.8 Å². The molecule has 0 saturated carbocycles. The number of amides is 2. The highest BCUT2D eigenvalue weighted by atomic mass is 16.5. The van der Waals surface area contributed by atoms with Crippen molar-refractivity contribution in [3.63, 3.8) is 0 Å². The van der Waals surface area contributed by atoms with Crippen molar-refractivity contribution in [1.82, 2.24) is 0 Å². The standard InChI is InChI=1S/C30H28N2O3/c1-19-13-20(2)16-25(15-19)31-29(33)23-5-9-27(10-6-23)35-28-11-7-24(8-12-28)30(34)32-26-17-21(3)14-22(4)18-26/h5-18H,1-4H3,(H,31,33)(H,32,34). The molecule has 0 spiro atoms. The van der Waals surface area contributed by atoms with Gasteiger partial charge in [0, 0.05) is 22.5 Å². The number of ether oxygens (including phenoxy) is 1. The largest absolute Gasteiger partial charge is 0.457 e. The van der Waals surface area contributed by atoms with Crippen molar-refractivity contribution in [3.05, 3.63) is 118 Å². The minimum absolute atomic E-state index is 0.180. The van der Waals surface area contributed by atoms with Crippen LogP contribution < -0.4 is 15.4 Å². The molecule has 176 valence electrons. The van der Waals surface area contributed by atoms with Gasteiger partial charge in [0.1, 0.15) is 11.5 Å². The van der Waals surface area contributed by atoms with Crippen LogP contribution in [0, 0.1) is 27.7 Å². The molecule has 0 atom stereocenters. The van der Waals surface area contributed by atoms with Crippen molar-refractivity contribution in [3.8, 4) is 11.5 Å². The molecule has 35 heavy (non-hydrogen) atoms. The maximum atomic E-state index is 12.6. The lowest BCUT2D eigenvalue weighted by molar-refractivity contribution is 0.101. The van der Waals surface area contributed by atoms with Crippen molar-refractivity contribution in [1.29, 1.82) is 0 Å². The highest BCUT2D eigenvalue weighted by Crippen LogP contribution is 2.23. The lowest BCUT2D eigenvalue weighted by Crippen LogP contribution is -2.12. The van der Waals surface area contributed by atoms with Gasteiger partial charge in [-0.15, -0.1) is 0 Å². The van der Waals surface area contributed by atoms with Crippen LogP contribution in [0.3, 0.4) is 0 Å². The van der Waals surface area contributed by atoms with Crippen LogP contribution in [-0.4, -0.2) is 11.8 Å². The second kappa shape index (κ2) is 10.3. The number of rotatable bonds is 6. The first-order valence-electron chi connectivity index (χ1n) is 11.4. The first-order chi connectivity index (χ1) is 16.7. The normalized spacial score (nSPS) is 10.5. The first kappa shape index (κ1) is 23.8. The molecular weight excluding hydrogens is 436 g/mol. The molecule has 4 aromatic carbocycles. The monoisotopic (exact) mass is 464 g/mol. The summed E-state index contributed by atoms with van der Waals surface area (Å²) >= 11 is 0. The van der Waals surface area contributed by atoms with Gasteiger partial charge in [-0.2, -0.15) is 0 Å². The van der Waals surface area contributed by atoms with Crippen molar-refractivity contribution in [2.24, 2.45) is 0 Å². The molecule has 0 radical (unpaired) electrons. The summed E-state index contributed by atoms with van der Waals surface area (Å²) in [5.74, 6) is 0.835. The van der Waals surface area contributed by atoms with E-state index in [4.69, 9.17) is 4.74 Å². The summed E-state index contributed by atoms with van der Waals surface area (Å²) in [5.41, 5.74) is 7.00. The molecule has 5 heteroatoms. The summed E-state index contributed by atoms with van der Waals surface area (Å²) in [6.45, 7) is 7.99. The minimum atomic E-state index is -0.180. The average Bonchev–Trinajstić information content (AvgIpc) is 2.78. The number of carbonyl (C=O) groups is 2. The predicted molar refractivity (Wildman–Crippen MR) is 141 cm³/mol. The van der Waals surface area contributed by atoms with E-state index in [9.17, 15) is 9.59 Å². The molecule has 0 aromatic heterocycles. The van der Waals surface area contributed by atoms with E-state index in [2.05, 4.69) is 22.8 Å². The van der Waals surface area contributed by atoms with E-state index in [1.165, 1.54) is 0 Å². The zero-order chi connectivity index (χ0) is 24.9. The third-order valence-electron chi connectivity index (χ3n) is 5.43. The average molecular weight is 465 g/mol. The second-order valence-electron chi connectivity index (χ2n) is 8.81. The molecule has 4 aromatic rings. The number of nitrogens with one attached hydrogen (secondary N) is 2. The fraction of sp³-hybridized carbons (Fsp3) is 0.133. The fourth-order valence-electron chi connectivity index (χ4n) is 3.99. The highest BCUT2D eigenvalue weighted by molar-refractivity contribution is 6.05. The van der Waals surface area contributed by atoms with E-state index in [0.29, 0.717) is 22.6 Å². The van der Waals surface area contributed by atoms with E-state index in [0.717, 1.165) is 33.6 Å². The van der Waals surface area contributed by atoms with E-state index in [-0.39, 0.29) is 11.8 Å². The highest BCUT2D eigenvalue weighted by Gasteiger charge is 2.09. The maximum Gasteiger partial charge on any atom is 0.255 e. The summed E-state index contributed by atoms with van der Waals surface area (Å²) in [7, 11) is 0. The van der Waals surface area contributed by atoms with Crippen LogP contribution in [0.5, 0.6) is 11.5 Å². The topological polar surface area (TPSA) is 67.4 Å². The zero-order valence-electron chi connectivity index (χ0n) is 20.3. The van der Waals surface area contributed by atoms with Gasteiger partial charge in [-0.25, -0.2) is 0 Å². The molecule has 0 unspecified atom stereocenters. The molecule has 0 fully saturated rings. The molecule has 5 nitrogen and oxygen atoms in total. The van der Waals surface area contributed by atoms with E-state index in [1.54, 1.807) is 48.5 Å². The van der Waals surface area contributed by atoms with Crippen LogP contribution in [-0.2, 0) is 0 Å². The van der Waals surface area contributed by atoms with Gasteiger partial charge < -0.3 is 15.4 Å². The smallest absolute Gasteiger partial charge is 0.255 e. The third kappa shape index (κ3) is 6.36. The number of carbonyl (C=O) groups excluding carboxylic acids is 2. The van der Waals surface area contributed by atoms with Crippen molar-refractivity contribution < 1.29 is 14.3 Å². The van der Waals surface area contributed by atoms with Crippen LogP contribution in [0.2, 0.25) is 0 Å². The molecule has 0 aliphatic rings. The molecule has 0 aliphatic heterocycles. The number of hydrogen-bond donors (Lipinski definition) is 2. The molecular formula is C30H28N2O3. The summed E-state index contributed by atoms with van der Waals surface area (Å²) in [6.07, 6.45) is 0. The predicted octanol–water partition coefficient (Wildman–Crippen LogP) is 7.22. The summed E-state index contributed by atoms with van der Waals surface area (Å²) in [4.78, 5) is 25.2. The molecule has 0 bridgehead atoms. The maximum absolute atomic E-state index is 12.6. The second-order valence-corrected chi connectivity index (χ2v) is 8.81. The fourth-order valence-corrected chi connectivity index (χ4v) is 3.99. The van der Waals surface area contributed by atoms with E-state index >= 15 is 0 Å². The number of aryl methyl sites for hydroxylation is 4. The van der Waals surface area contributed by atoms with Crippen LogP contribution in [0.4, 0.5) is 11.4 Å². The third-order valence-corrected chi connectivity index (χ3v) is 5.43. The van der Waals surface area contributed by atoms with Crippen LogP contribution in [0.25, 0.3) is 0 Å². The van der Waals surface area contributed by atoms with Crippen LogP contribution in [0.1, 0.15) is 43.0 Å². The van der Waals surface area contributed by atoms with Gasteiger partial charge >= 0.3 is 0 Å². The number of hydrogen-bond acceptors (Lipinski definition) is 3. The Bertz CT molecular complexity index is 1230. The SMILES string of the molecule is Cc1cc(C)cc(NC(=O)c2ccc(Oc3ccc(C(=O)Nc4cc(C)cc(C)c4)cc3)cc2)c1. The Kier molecular flexibility index (Phi) is 6.97. The van der Waals surface area contributed by atoms with Gasteiger partial charge in [-0.3, -0.25) is 9.59 Å². The Morgan fingerprint density at radius 1 is 0.514 bits per heavy atom. The summed E-state index contributed by atoms with van der Waals surface area (Å²) in [6, 6.07) is 25.8. The van der Waals surface area contributed by atoms with Gasteiger partial charge in [0.05, 0.1) is 0 Å². The summed E-state index contributed by atoms with van der Waals surface area (Å²) < 4.78 is 5.88. The van der Waals surface area contributed by atoms with E-state index in [1.807, 2.05) is 52.0 Å².